The van der Waals surface area contributed by atoms with Gasteiger partial charge in [-0.05, 0) is 30.3 Å². The van der Waals surface area contributed by atoms with Gasteiger partial charge in [0.2, 0.25) is 0 Å². The van der Waals surface area contributed by atoms with Gasteiger partial charge in [-0.1, -0.05) is 15.9 Å². The lowest BCUT2D eigenvalue weighted by atomic mass is 10.1. The predicted molar refractivity (Wildman–Crippen MR) is 104 cm³/mol. The first-order chi connectivity index (χ1) is 12.6. The quantitative estimate of drug-likeness (QED) is 0.573. The monoisotopic (exact) mass is 418 g/mol. The van der Waals surface area contributed by atoms with E-state index in [-0.39, 0.29) is 5.71 Å². The van der Waals surface area contributed by atoms with Crippen LogP contribution in [-0.2, 0) is 14.3 Å². The number of rotatable bonds is 5. The van der Waals surface area contributed by atoms with E-state index >= 15 is 0 Å². The van der Waals surface area contributed by atoms with E-state index in [2.05, 4.69) is 35.9 Å². The molecule has 2 N–H and O–H groups in total. The van der Waals surface area contributed by atoms with Gasteiger partial charge in [-0.2, -0.15) is 0 Å². The Labute approximate surface area is 160 Å². The fraction of sp³-hybridized carbons (Fsp3) is 0.278. The van der Waals surface area contributed by atoms with Crippen molar-refractivity contribution in [1.29, 1.82) is 5.41 Å². The minimum atomic E-state index is -0.704. The SMILES string of the molecule is COC(=O)C(=N)c1cccnc1Nc1cc(Br)cc(N2CCOCC2)c1. The number of benzene rings is 1. The number of ether oxygens (including phenoxy) is 2. The van der Waals surface area contributed by atoms with Gasteiger partial charge in [-0.15, -0.1) is 0 Å². The van der Waals surface area contributed by atoms with Crippen LogP contribution in [0.3, 0.4) is 0 Å². The zero-order valence-corrected chi connectivity index (χ0v) is 15.9. The number of nitrogens with zero attached hydrogens (tertiary/aromatic N) is 2. The standard InChI is InChI=1S/C18H19BrN4O3/c1-25-18(24)16(20)15-3-2-4-21-17(15)22-13-9-12(19)10-14(11-13)23-5-7-26-8-6-23/h2-4,9-11,20H,5-8H2,1H3,(H,21,22). The first-order valence-electron chi connectivity index (χ1n) is 8.11. The van der Waals surface area contributed by atoms with Crippen LogP contribution in [-0.4, -0.2) is 50.1 Å². The van der Waals surface area contributed by atoms with Crippen LogP contribution in [0, 0.1) is 5.41 Å². The highest BCUT2D eigenvalue weighted by Gasteiger charge is 2.18. The molecule has 7 nitrogen and oxygen atoms in total. The van der Waals surface area contributed by atoms with Gasteiger partial charge in [0.05, 0.1) is 20.3 Å². The Morgan fingerprint density at radius 1 is 1.35 bits per heavy atom. The second-order valence-corrected chi connectivity index (χ2v) is 6.60. The highest BCUT2D eigenvalue weighted by Crippen LogP contribution is 2.29. The van der Waals surface area contributed by atoms with Crippen molar-refractivity contribution in [3.63, 3.8) is 0 Å². The Bertz CT molecular complexity index is 822. The number of carbonyl (C=O) groups is 1. The second kappa shape index (κ2) is 8.29. The lowest BCUT2D eigenvalue weighted by molar-refractivity contribution is -0.132. The summed E-state index contributed by atoms with van der Waals surface area (Å²) in [7, 11) is 1.25. The Hall–Kier alpha value is -2.45. The summed E-state index contributed by atoms with van der Waals surface area (Å²) in [5.74, 6) is -0.279. The minimum Gasteiger partial charge on any atom is -0.464 e. The van der Waals surface area contributed by atoms with E-state index in [9.17, 15) is 4.79 Å². The summed E-state index contributed by atoms with van der Waals surface area (Å²) in [4.78, 5) is 18.2. The van der Waals surface area contributed by atoms with Crippen LogP contribution in [0.4, 0.5) is 17.2 Å². The number of anilines is 3. The van der Waals surface area contributed by atoms with Crippen LogP contribution in [0.2, 0.25) is 0 Å². The number of halogens is 1. The van der Waals surface area contributed by atoms with Gasteiger partial charge in [0.15, 0.2) is 5.71 Å². The number of nitrogens with one attached hydrogen (secondary N) is 2. The third-order valence-corrected chi connectivity index (χ3v) is 4.45. The molecule has 136 valence electrons. The van der Waals surface area contributed by atoms with Crippen LogP contribution in [0.5, 0.6) is 0 Å². The molecule has 0 spiro atoms. The smallest absolute Gasteiger partial charge is 0.356 e. The van der Waals surface area contributed by atoms with Gasteiger partial charge >= 0.3 is 5.97 Å². The number of morpholine rings is 1. The highest BCUT2D eigenvalue weighted by atomic mass is 79.9. The van der Waals surface area contributed by atoms with Gasteiger partial charge in [0.1, 0.15) is 5.82 Å². The van der Waals surface area contributed by atoms with E-state index in [1.54, 1.807) is 18.3 Å². The molecule has 0 amide bonds. The minimum absolute atomic E-state index is 0.244. The summed E-state index contributed by atoms with van der Waals surface area (Å²) >= 11 is 3.54. The van der Waals surface area contributed by atoms with Crippen LogP contribution in [0.1, 0.15) is 5.56 Å². The summed E-state index contributed by atoms with van der Waals surface area (Å²) in [6.45, 7) is 3.07. The van der Waals surface area contributed by atoms with Crippen LogP contribution >= 0.6 is 15.9 Å². The first kappa shape index (κ1) is 18.3. The third kappa shape index (κ3) is 4.20. The fourth-order valence-corrected chi connectivity index (χ4v) is 3.19. The first-order valence-corrected chi connectivity index (χ1v) is 8.90. The number of esters is 1. The molecule has 0 atom stereocenters. The maximum atomic E-state index is 11.7. The Morgan fingerprint density at radius 3 is 2.85 bits per heavy atom. The molecule has 1 aromatic heterocycles. The van der Waals surface area contributed by atoms with Crippen molar-refractivity contribution >= 4 is 44.8 Å². The molecule has 1 saturated heterocycles. The molecule has 0 unspecified atom stereocenters. The Balaban J connectivity index is 1.88. The van der Waals surface area contributed by atoms with Gasteiger partial charge in [0, 0.05) is 40.7 Å². The van der Waals surface area contributed by atoms with Crippen LogP contribution in [0.25, 0.3) is 0 Å². The zero-order valence-electron chi connectivity index (χ0n) is 14.3. The van der Waals surface area contributed by atoms with Crippen molar-refractivity contribution in [2.75, 3.05) is 43.6 Å². The van der Waals surface area contributed by atoms with Crippen LogP contribution in [0.15, 0.2) is 41.0 Å². The number of hydrogen-bond acceptors (Lipinski definition) is 7. The van der Waals surface area contributed by atoms with Crippen molar-refractivity contribution in [3.05, 3.63) is 46.6 Å². The molecule has 0 aliphatic carbocycles. The number of carbonyl (C=O) groups excluding carboxylic acids is 1. The Morgan fingerprint density at radius 2 is 2.12 bits per heavy atom. The molecule has 0 saturated carbocycles. The maximum absolute atomic E-state index is 11.7. The average Bonchev–Trinajstić information content (AvgIpc) is 2.67. The maximum Gasteiger partial charge on any atom is 0.356 e. The van der Waals surface area contributed by atoms with Gasteiger partial charge in [-0.3, -0.25) is 5.41 Å². The molecule has 0 bridgehead atoms. The fourth-order valence-electron chi connectivity index (χ4n) is 2.71. The van der Waals surface area contributed by atoms with E-state index in [0.29, 0.717) is 24.6 Å². The van der Waals surface area contributed by atoms with E-state index in [1.807, 2.05) is 18.2 Å². The molecule has 8 heteroatoms. The molecule has 3 rings (SSSR count). The zero-order chi connectivity index (χ0) is 18.5. The van der Waals surface area contributed by atoms with E-state index in [0.717, 1.165) is 28.9 Å². The molecule has 2 aromatic rings. The van der Waals surface area contributed by atoms with Crippen molar-refractivity contribution in [1.82, 2.24) is 4.98 Å². The summed E-state index contributed by atoms with van der Waals surface area (Å²) < 4.78 is 11.0. The number of aromatic nitrogens is 1. The van der Waals surface area contributed by atoms with E-state index in [4.69, 9.17) is 10.1 Å². The lowest BCUT2D eigenvalue weighted by Gasteiger charge is -2.29. The average molecular weight is 419 g/mol. The lowest BCUT2D eigenvalue weighted by Crippen LogP contribution is -2.36. The molecule has 1 fully saturated rings. The predicted octanol–water partition coefficient (Wildman–Crippen LogP) is 2.97. The molecule has 26 heavy (non-hydrogen) atoms. The summed E-state index contributed by atoms with van der Waals surface area (Å²) in [6.07, 6.45) is 1.61. The normalized spacial score (nSPS) is 14.0. The summed E-state index contributed by atoms with van der Waals surface area (Å²) in [5, 5.41) is 11.2. The molecule has 1 aromatic carbocycles. The van der Waals surface area contributed by atoms with Gasteiger partial charge in [0.25, 0.3) is 0 Å². The number of methoxy groups -OCH3 is 1. The third-order valence-electron chi connectivity index (χ3n) is 3.99. The Kier molecular flexibility index (Phi) is 5.85. The molecule has 0 radical (unpaired) electrons. The van der Waals surface area contributed by atoms with Gasteiger partial charge < -0.3 is 19.7 Å². The molecular formula is C18H19BrN4O3. The number of pyridine rings is 1. The van der Waals surface area contributed by atoms with Crippen molar-refractivity contribution in [3.8, 4) is 0 Å². The van der Waals surface area contributed by atoms with Crippen molar-refractivity contribution in [2.45, 2.75) is 0 Å². The summed E-state index contributed by atoms with van der Waals surface area (Å²) in [6, 6.07) is 9.32. The number of hydrogen-bond donors (Lipinski definition) is 2. The molecular weight excluding hydrogens is 400 g/mol. The summed E-state index contributed by atoms with van der Waals surface area (Å²) in [5.41, 5.74) is 2.00. The van der Waals surface area contributed by atoms with Crippen molar-refractivity contribution in [2.24, 2.45) is 0 Å². The topological polar surface area (TPSA) is 87.5 Å². The highest BCUT2D eigenvalue weighted by molar-refractivity contribution is 9.10. The van der Waals surface area contributed by atoms with Crippen molar-refractivity contribution < 1.29 is 14.3 Å². The second-order valence-electron chi connectivity index (χ2n) is 5.69. The van der Waals surface area contributed by atoms with Gasteiger partial charge in [-0.25, -0.2) is 9.78 Å². The van der Waals surface area contributed by atoms with Crippen LogP contribution < -0.4 is 10.2 Å². The molecule has 1 aliphatic heterocycles. The van der Waals surface area contributed by atoms with E-state index in [1.165, 1.54) is 7.11 Å². The largest absolute Gasteiger partial charge is 0.464 e. The van der Waals surface area contributed by atoms with E-state index < -0.39 is 5.97 Å². The molecule has 1 aliphatic rings. The molecule has 2 heterocycles.